The second kappa shape index (κ2) is 9.58. The number of aryl methyl sites for hydroxylation is 1. The Hall–Kier alpha value is -0.830. The zero-order valence-corrected chi connectivity index (χ0v) is 20.9. The Balaban J connectivity index is 2.29. The molecule has 27 heavy (non-hydrogen) atoms. The van der Waals surface area contributed by atoms with Crippen LogP contribution in [0.25, 0.3) is 0 Å². The van der Waals surface area contributed by atoms with E-state index in [1.54, 1.807) is 12.1 Å². The summed E-state index contributed by atoms with van der Waals surface area (Å²) >= 11 is 6.28. The molecule has 6 nitrogen and oxygen atoms in total. The number of carbonyl (C=O) groups is 2. The molecule has 0 radical (unpaired) electrons. The second-order valence-corrected chi connectivity index (χ2v) is 9.41. The van der Waals surface area contributed by atoms with Gasteiger partial charge >= 0.3 is 0 Å². The zero-order chi connectivity index (χ0) is 20.3. The van der Waals surface area contributed by atoms with E-state index in [1.807, 2.05) is 19.1 Å². The SMILES string of the molecule is CC(=O)N[C@@H](Cc1cc(C)c(Oc2cc(I)c(O)c(I)c2)c(I)c1)C(N)=O. The topological polar surface area (TPSA) is 102 Å². The van der Waals surface area contributed by atoms with Gasteiger partial charge in [0, 0.05) is 13.3 Å². The average molecular weight is 706 g/mol. The molecule has 0 aliphatic rings. The first kappa shape index (κ1) is 22.5. The van der Waals surface area contributed by atoms with Crippen LogP contribution in [0, 0.1) is 17.6 Å². The van der Waals surface area contributed by atoms with E-state index in [4.69, 9.17) is 10.5 Å². The molecule has 0 saturated carbocycles. The van der Waals surface area contributed by atoms with Gasteiger partial charge in [0.25, 0.3) is 0 Å². The van der Waals surface area contributed by atoms with Crippen molar-refractivity contribution >= 4 is 79.6 Å². The fourth-order valence-corrected chi connectivity index (χ4v) is 5.12. The molecule has 2 aromatic rings. The fraction of sp³-hybridized carbons (Fsp3) is 0.222. The third kappa shape index (κ3) is 6.07. The molecule has 0 fully saturated rings. The number of benzene rings is 2. The number of hydrogen-bond acceptors (Lipinski definition) is 4. The molecule has 0 aliphatic heterocycles. The van der Waals surface area contributed by atoms with Crippen molar-refractivity contribution in [2.45, 2.75) is 26.3 Å². The number of phenolic OH excluding ortho intramolecular Hbond substituents is 1. The maximum Gasteiger partial charge on any atom is 0.240 e. The van der Waals surface area contributed by atoms with Crippen molar-refractivity contribution in [3.8, 4) is 17.2 Å². The third-order valence-electron chi connectivity index (χ3n) is 3.66. The molecule has 0 aliphatic carbocycles. The number of nitrogens with two attached hydrogens (primary N) is 1. The van der Waals surface area contributed by atoms with Crippen LogP contribution >= 0.6 is 67.8 Å². The molecule has 0 aromatic heterocycles. The Morgan fingerprint density at radius 1 is 1.15 bits per heavy atom. The van der Waals surface area contributed by atoms with Gasteiger partial charge in [-0.05, 0) is 104 Å². The highest BCUT2D eigenvalue weighted by atomic mass is 127. The molecule has 0 saturated heterocycles. The first-order chi connectivity index (χ1) is 12.6. The first-order valence-corrected chi connectivity index (χ1v) is 11.0. The Morgan fingerprint density at radius 3 is 2.22 bits per heavy atom. The molecule has 4 N–H and O–H groups in total. The van der Waals surface area contributed by atoms with Crippen LogP contribution in [0.15, 0.2) is 24.3 Å². The van der Waals surface area contributed by atoms with Crippen LogP contribution in [0.2, 0.25) is 0 Å². The highest BCUT2D eigenvalue weighted by molar-refractivity contribution is 14.1. The normalized spacial score (nSPS) is 11.7. The predicted octanol–water partition coefficient (Wildman–Crippen LogP) is 3.84. The summed E-state index contributed by atoms with van der Waals surface area (Å²) in [6.07, 6.45) is 0.307. The summed E-state index contributed by atoms with van der Waals surface area (Å²) in [5.41, 5.74) is 7.14. The summed E-state index contributed by atoms with van der Waals surface area (Å²) in [5, 5.41) is 12.5. The monoisotopic (exact) mass is 706 g/mol. The number of aromatic hydroxyl groups is 1. The van der Waals surface area contributed by atoms with Crippen LogP contribution in [0.3, 0.4) is 0 Å². The van der Waals surface area contributed by atoms with Crippen molar-refractivity contribution in [3.05, 3.63) is 46.1 Å². The molecule has 2 amide bonds. The lowest BCUT2D eigenvalue weighted by Gasteiger charge is -2.17. The number of primary amides is 1. The van der Waals surface area contributed by atoms with Crippen molar-refractivity contribution < 1.29 is 19.4 Å². The van der Waals surface area contributed by atoms with Gasteiger partial charge in [0.15, 0.2) is 0 Å². The van der Waals surface area contributed by atoms with Crippen LogP contribution in [-0.2, 0) is 16.0 Å². The average Bonchev–Trinajstić information content (AvgIpc) is 2.54. The van der Waals surface area contributed by atoms with Crippen molar-refractivity contribution in [1.82, 2.24) is 5.32 Å². The number of carbonyl (C=O) groups excluding carboxylic acids is 2. The largest absolute Gasteiger partial charge is 0.506 e. The lowest BCUT2D eigenvalue weighted by atomic mass is 10.0. The van der Waals surface area contributed by atoms with Gasteiger partial charge in [0.2, 0.25) is 11.8 Å². The van der Waals surface area contributed by atoms with E-state index in [2.05, 4.69) is 73.1 Å². The molecular weight excluding hydrogens is 689 g/mol. The summed E-state index contributed by atoms with van der Waals surface area (Å²) in [4.78, 5) is 22.8. The quantitative estimate of drug-likeness (QED) is 0.398. The van der Waals surface area contributed by atoms with E-state index < -0.39 is 11.9 Å². The predicted molar refractivity (Wildman–Crippen MR) is 128 cm³/mol. The molecule has 0 bridgehead atoms. The van der Waals surface area contributed by atoms with Gasteiger partial charge in [0.1, 0.15) is 23.3 Å². The number of amides is 2. The minimum Gasteiger partial charge on any atom is -0.506 e. The maximum absolute atomic E-state index is 11.6. The van der Waals surface area contributed by atoms with Crippen molar-refractivity contribution in [2.24, 2.45) is 5.73 Å². The van der Waals surface area contributed by atoms with E-state index in [9.17, 15) is 14.7 Å². The minimum atomic E-state index is -0.760. The van der Waals surface area contributed by atoms with Gasteiger partial charge < -0.3 is 20.9 Å². The van der Waals surface area contributed by atoms with Crippen molar-refractivity contribution in [2.75, 3.05) is 0 Å². The molecule has 0 unspecified atom stereocenters. The van der Waals surface area contributed by atoms with Crippen molar-refractivity contribution in [1.29, 1.82) is 0 Å². The highest BCUT2D eigenvalue weighted by Crippen LogP contribution is 2.36. The summed E-state index contributed by atoms with van der Waals surface area (Å²) in [7, 11) is 0. The molecule has 9 heteroatoms. The Bertz CT molecular complexity index is 856. The number of hydrogen-bond donors (Lipinski definition) is 3. The van der Waals surface area contributed by atoms with E-state index >= 15 is 0 Å². The minimum absolute atomic E-state index is 0.237. The van der Waals surface area contributed by atoms with Crippen LogP contribution in [-0.4, -0.2) is 23.0 Å². The number of ether oxygens (including phenoxy) is 1. The molecule has 2 aromatic carbocycles. The van der Waals surface area contributed by atoms with Crippen LogP contribution in [0.1, 0.15) is 18.1 Å². The smallest absolute Gasteiger partial charge is 0.240 e. The van der Waals surface area contributed by atoms with Gasteiger partial charge in [-0.2, -0.15) is 0 Å². The molecule has 2 rings (SSSR count). The fourth-order valence-electron chi connectivity index (χ4n) is 2.47. The molecular formula is C18H17I3N2O4. The Morgan fingerprint density at radius 2 is 1.74 bits per heavy atom. The number of rotatable bonds is 6. The van der Waals surface area contributed by atoms with Crippen LogP contribution in [0.5, 0.6) is 17.2 Å². The number of phenols is 1. The summed E-state index contributed by atoms with van der Waals surface area (Å²) in [5.74, 6) is 0.685. The first-order valence-electron chi connectivity index (χ1n) is 7.79. The summed E-state index contributed by atoms with van der Waals surface area (Å²) in [6.45, 7) is 3.26. The summed E-state index contributed by atoms with van der Waals surface area (Å²) < 4.78 is 8.32. The Labute approximate surface area is 198 Å². The molecule has 144 valence electrons. The second-order valence-electron chi connectivity index (χ2n) is 5.92. The van der Waals surface area contributed by atoms with Gasteiger partial charge in [0.05, 0.1) is 10.7 Å². The van der Waals surface area contributed by atoms with Crippen molar-refractivity contribution in [3.63, 3.8) is 0 Å². The number of nitrogens with one attached hydrogen (secondary N) is 1. The van der Waals surface area contributed by atoms with Crippen LogP contribution < -0.4 is 15.8 Å². The lowest BCUT2D eigenvalue weighted by Crippen LogP contribution is -2.45. The van der Waals surface area contributed by atoms with E-state index in [1.165, 1.54) is 6.92 Å². The van der Waals surface area contributed by atoms with E-state index in [0.717, 1.165) is 14.7 Å². The Kier molecular flexibility index (Phi) is 7.97. The van der Waals surface area contributed by atoms with Crippen LogP contribution in [0.4, 0.5) is 0 Å². The van der Waals surface area contributed by atoms with E-state index in [-0.39, 0.29) is 11.7 Å². The van der Waals surface area contributed by atoms with Gasteiger partial charge in [-0.25, -0.2) is 0 Å². The highest BCUT2D eigenvalue weighted by Gasteiger charge is 2.19. The third-order valence-corrected chi connectivity index (χ3v) is 6.11. The van der Waals surface area contributed by atoms with Gasteiger partial charge in [-0.1, -0.05) is 6.07 Å². The molecule has 1 atom stereocenters. The summed E-state index contributed by atoms with van der Waals surface area (Å²) in [6, 6.07) is 6.58. The van der Waals surface area contributed by atoms with Gasteiger partial charge in [-0.15, -0.1) is 0 Å². The lowest BCUT2D eigenvalue weighted by molar-refractivity contribution is -0.126. The number of halogens is 3. The standard InChI is InChI=1S/C18H17I3N2O4/c1-8-3-10(5-15(18(22)26)23-9(2)24)4-14(21)17(8)27-11-6-12(19)16(25)13(20)7-11/h3-4,6-7,15,25H,5H2,1-2H3,(H2,22,26)(H,23,24)/t15-/m0/s1. The van der Waals surface area contributed by atoms with E-state index in [0.29, 0.717) is 25.1 Å². The molecule has 0 heterocycles. The maximum atomic E-state index is 11.6. The molecule has 0 spiro atoms. The zero-order valence-electron chi connectivity index (χ0n) is 14.5. The van der Waals surface area contributed by atoms with Gasteiger partial charge in [-0.3, -0.25) is 9.59 Å².